The zero-order valence-corrected chi connectivity index (χ0v) is 16.7. The SMILES string of the molecule is COc1cccc2sc(N3CCN(CCNC(=O)C4=COCCO4)CC3)nc12. The Morgan fingerprint density at radius 1 is 1.29 bits per heavy atom. The number of piperazine rings is 1. The number of para-hydroxylation sites is 1. The number of carbonyl (C=O) groups is 1. The van der Waals surface area contributed by atoms with Crippen molar-refractivity contribution in [1.82, 2.24) is 15.2 Å². The van der Waals surface area contributed by atoms with Gasteiger partial charge in [-0.3, -0.25) is 9.69 Å². The Morgan fingerprint density at radius 2 is 2.14 bits per heavy atom. The molecule has 0 saturated carbocycles. The monoisotopic (exact) mass is 404 g/mol. The van der Waals surface area contributed by atoms with Gasteiger partial charge in [-0.05, 0) is 12.1 Å². The molecule has 1 N–H and O–H groups in total. The minimum Gasteiger partial charge on any atom is -0.494 e. The lowest BCUT2D eigenvalue weighted by atomic mass is 10.3. The summed E-state index contributed by atoms with van der Waals surface area (Å²) < 4.78 is 16.9. The summed E-state index contributed by atoms with van der Waals surface area (Å²) in [5.41, 5.74) is 0.929. The molecule has 1 fully saturated rings. The molecule has 150 valence electrons. The normalized spacial score (nSPS) is 17.6. The highest BCUT2D eigenvalue weighted by atomic mass is 32.1. The van der Waals surface area contributed by atoms with Gasteiger partial charge in [-0.15, -0.1) is 0 Å². The number of methoxy groups -OCH3 is 1. The third-order valence-electron chi connectivity index (χ3n) is 4.82. The maximum absolute atomic E-state index is 12.0. The Bertz CT molecular complexity index is 861. The van der Waals surface area contributed by atoms with E-state index >= 15 is 0 Å². The van der Waals surface area contributed by atoms with Crippen LogP contribution >= 0.6 is 11.3 Å². The van der Waals surface area contributed by atoms with Gasteiger partial charge >= 0.3 is 0 Å². The second kappa shape index (κ2) is 8.66. The van der Waals surface area contributed by atoms with Gasteiger partial charge < -0.3 is 24.4 Å². The summed E-state index contributed by atoms with van der Waals surface area (Å²) in [5, 5.41) is 3.92. The van der Waals surface area contributed by atoms with Gasteiger partial charge in [-0.25, -0.2) is 4.98 Å². The Hall–Kier alpha value is -2.52. The number of anilines is 1. The van der Waals surface area contributed by atoms with Crippen LogP contribution in [-0.2, 0) is 14.3 Å². The van der Waals surface area contributed by atoms with Gasteiger partial charge in [0.05, 0.1) is 11.8 Å². The van der Waals surface area contributed by atoms with Crippen molar-refractivity contribution in [2.75, 3.05) is 64.5 Å². The van der Waals surface area contributed by atoms with Gasteiger partial charge in [0.2, 0.25) is 5.76 Å². The van der Waals surface area contributed by atoms with Gasteiger partial charge in [0.1, 0.15) is 30.7 Å². The number of aromatic nitrogens is 1. The van der Waals surface area contributed by atoms with E-state index < -0.39 is 0 Å². The fourth-order valence-electron chi connectivity index (χ4n) is 3.28. The van der Waals surface area contributed by atoms with Crippen LogP contribution in [0.3, 0.4) is 0 Å². The van der Waals surface area contributed by atoms with Crippen LogP contribution in [0, 0.1) is 0 Å². The molecular weight excluding hydrogens is 380 g/mol. The molecule has 0 spiro atoms. The molecule has 1 saturated heterocycles. The number of nitrogens with zero attached hydrogens (tertiary/aromatic N) is 3. The summed E-state index contributed by atoms with van der Waals surface area (Å²) >= 11 is 1.70. The molecule has 4 rings (SSSR count). The van der Waals surface area contributed by atoms with Crippen LogP contribution in [0.5, 0.6) is 5.75 Å². The molecule has 2 aliphatic heterocycles. The number of hydrogen-bond donors (Lipinski definition) is 1. The van der Waals surface area contributed by atoms with Gasteiger partial charge in [0, 0.05) is 39.3 Å². The number of fused-ring (bicyclic) bond motifs is 1. The summed E-state index contributed by atoms with van der Waals surface area (Å²) in [6.07, 6.45) is 1.38. The van der Waals surface area contributed by atoms with Crippen LogP contribution in [0.1, 0.15) is 0 Å². The maximum Gasteiger partial charge on any atom is 0.289 e. The van der Waals surface area contributed by atoms with Gasteiger partial charge in [0.15, 0.2) is 5.13 Å². The molecule has 1 aromatic carbocycles. The van der Waals surface area contributed by atoms with Gasteiger partial charge in [-0.1, -0.05) is 17.4 Å². The Balaban J connectivity index is 1.26. The number of rotatable bonds is 6. The first-order valence-corrected chi connectivity index (χ1v) is 10.2. The number of carbonyl (C=O) groups excluding carboxylic acids is 1. The first-order chi connectivity index (χ1) is 13.7. The second-order valence-electron chi connectivity index (χ2n) is 6.59. The molecular formula is C19H24N4O4S. The molecule has 1 aromatic heterocycles. The molecule has 0 radical (unpaired) electrons. The van der Waals surface area contributed by atoms with Crippen molar-refractivity contribution in [2.24, 2.45) is 0 Å². The molecule has 2 aromatic rings. The molecule has 28 heavy (non-hydrogen) atoms. The van der Waals surface area contributed by atoms with E-state index in [4.69, 9.17) is 19.2 Å². The van der Waals surface area contributed by atoms with Crippen molar-refractivity contribution in [2.45, 2.75) is 0 Å². The number of benzene rings is 1. The highest BCUT2D eigenvalue weighted by Gasteiger charge is 2.21. The number of amides is 1. The first-order valence-electron chi connectivity index (χ1n) is 9.38. The van der Waals surface area contributed by atoms with E-state index in [0.717, 1.165) is 53.8 Å². The summed E-state index contributed by atoms with van der Waals surface area (Å²) in [4.78, 5) is 21.4. The summed E-state index contributed by atoms with van der Waals surface area (Å²) in [6, 6.07) is 6.02. The van der Waals surface area contributed by atoms with E-state index in [2.05, 4.69) is 21.2 Å². The van der Waals surface area contributed by atoms with Crippen molar-refractivity contribution >= 4 is 32.6 Å². The van der Waals surface area contributed by atoms with Crippen LogP contribution in [0.2, 0.25) is 0 Å². The molecule has 8 nitrogen and oxygen atoms in total. The van der Waals surface area contributed by atoms with E-state index in [0.29, 0.717) is 19.8 Å². The minimum atomic E-state index is -0.221. The minimum absolute atomic E-state index is 0.221. The number of nitrogens with one attached hydrogen (secondary N) is 1. The fraction of sp³-hybridized carbons (Fsp3) is 0.474. The number of ether oxygens (including phenoxy) is 3. The quantitative estimate of drug-likeness (QED) is 0.781. The Morgan fingerprint density at radius 3 is 2.89 bits per heavy atom. The lowest BCUT2D eigenvalue weighted by molar-refractivity contribution is -0.122. The van der Waals surface area contributed by atoms with Crippen LogP contribution < -0.4 is 15.0 Å². The zero-order chi connectivity index (χ0) is 19.3. The van der Waals surface area contributed by atoms with E-state index in [-0.39, 0.29) is 11.7 Å². The van der Waals surface area contributed by atoms with Crippen LogP contribution in [0.4, 0.5) is 5.13 Å². The highest BCUT2D eigenvalue weighted by molar-refractivity contribution is 7.22. The predicted octanol–water partition coefficient (Wildman–Crippen LogP) is 1.43. The third-order valence-corrected chi connectivity index (χ3v) is 5.90. The zero-order valence-electron chi connectivity index (χ0n) is 15.8. The molecule has 0 bridgehead atoms. The van der Waals surface area contributed by atoms with E-state index in [1.807, 2.05) is 12.1 Å². The summed E-state index contributed by atoms with van der Waals surface area (Å²) in [6.45, 7) is 5.99. The van der Waals surface area contributed by atoms with Crippen LogP contribution in [0.25, 0.3) is 10.2 Å². The van der Waals surface area contributed by atoms with Crippen molar-refractivity contribution in [3.05, 3.63) is 30.2 Å². The summed E-state index contributed by atoms with van der Waals surface area (Å²) in [5.74, 6) is 0.848. The number of hydrogen-bond acceptors (Lipinski definition) is 8. The number of thiazole rings is 1. The van der Waals surface area contributed by atoms with Crippen molar-refractivity contribution in [1.29, 1.82) is 0 Å². The molecule has 3 heterocycles. The van der Waals surface area contributed by atoms with E-state index in [1.54, 1.807) is 18.4 Å². The van der Waals surface area contributed by atoms with Crippen LogP contribution in [-0.4, -0.2) is 75.4 Å². The average molecular weight is 404 g/mol. The smallest absolute Gasteiger partial charge is 0.289 e. The highest BCUT2D eigenvalue weighted by Crippen LogP contribution is 2.34. The van der Waals surface area contributed by atoms with Crippen molar-refractivity contribution < 1.29 is 19.0 Å². The van der Waals surface area contributed by atoms with Gasteiger partial charge in [-0.2, -0.15) is 0 Å². The molecule has 2 aliphatic rings. The lowest BCUT2D eigenvalue weighted by Crippen LogP contribution is -2.48. The molecule has 1 amide bonds. The van der Waals surface area contributed by atoms with Gasteiger partial charge in [0.25, 0.3) is 5.91 Å². The first kappa shape index (κ1) is 18.8. The maximum atomic E-state index is 12.0. The second-order valence-corrected chi connectivity index (χ2v) is 7.60. The summed E-state index contributed by atoms with van der Waals surface area (Å²) in [7, 11) is 1.68. The third kappa shape index (κ3) is 4.15. The fourth-order valence-corrected chi connectivity index (χ4v) is 4.31. The molecule has 0 aliphatic carbocycles. The largest absolute Gasteiger partial charge is 0.494 e. The molecule has 0 unspecified atom stereocenters. The lowest BCUT2D eigenvalue weighted by Gasteiger charge is -2.34. The predicted molar refractivity (Wildman–Crippen MR) is 108 cm³/mol. The van der Waals surface area contributed by atoms with Crippen LogP contribution in [0.15, 0.2) is 30.2 Å². The van der Waals surface area contributed by atoms with Crippen molar-refractivity contribution in [3.63, 3.8) is 0 Å². The van der Waals surface area contributed by atoms with E-state index in [9.17, 15) is 4.79 Å². The molecule has 9 heteroatoms. The van der Waals surface area contributed by atoms with E-state index in [1.165, 1.54) is 6.26 Å². The topological polar surface area (TPSA) is 76.2 Å². The Kier molecular flexibility index (Phi) is 5.82. The average Bonchev–Trinajstić information content (AvgIpc) is 3.19. The Labute approximate surface area is 167 Å². The molecule has 0 atom stereocenters. The van der Waals surface area contributed by atoms with Crippen molar-refractivity contribution in [3.8, 4) is 5.75 Å². The standard InChI is InChI=1S/C19H24N4O4S/c1-25-14-3-2-4-16-17(14)21-19(28-16)23-9-7-22(8-10-23)6-5-20-18(24)15-13-26-11-12-27-15/h2-4,13H,5-12H2,1H3,(H,20,24).